The Morgan fingerprint density at radius 1 is 1.39 bits per heavy atom. The molecular weight excluding hydrogens is 229 g/mol. The molecule has 1 unspecified atom stereocenters. The van der Waals surface area contributed by atoms with Gasteiger partial charge in [-0.2, -0.15) is 0 Å². The highest BCUT2D eigenvalue weighted by Gasteiger charge is 2.25. The minimum Gasteiger partial charge on any atom is -0.389 e. The molecule has 1 rings (SSSR count). The number of benzene rings is 1. The minimum atomic E-state index is -0.676. The van der Waals surface area contributed by atoms with E-state index in [1.807, 2.05) is 13.1 Å². The molecule has 1 aromatic carbocycles. The van der Waals surface area contributed by atoms with Gasteiger partial charge in [0.05, 0.1) is 6.10 Å². The molecule has 0 saturated heterocycles. The summed E-state index contributed by atoms with van der Waals surface area (Å²) in [5.74, 6) is -0.266. The SMILES string of the molecule is CCC(C)(C)N(C)c1cc(C)c(F)cc1C(C)O. The van der Waals surface area contributed by atoms with Crippen molar-refractivity contribution in [3.05, 3.63) is 29.1 Å². The zero-order valence-corrected chi connectivity index (χ0v) is 12.2. The quantitative estimate of drug-likeness (QED) is 0.882. The van der Waals surface area contributed by atoms with Crippen molar-refractivity contribution >= 4 is 5.69 Å². The minimum absolute atomic E-state index is 0.0338. The third kappa shape index (κ3) is 2.83. The molecule has 1 aromatic rings. The molecule has 0 spiro atoms. The Kier molecular flexibility index (Phi) is 4.38. The van der Waals surface area contributed by atoms with E-state index < -0.39 is 6.10 Å². The summed E-state index contributed by atoms with van der Waals surface area (Å²) >= 11 is 0. The van der Waals surface area contributed by atoms with Gasteiger partial charge < -0.3 is 10.0 Å². The molecule has 102 valence electrons. The lowest BCUT2D eigenvalue weighted by Crippen LogP contribution is -2.41. The van der Waals surface area contributed by atoms with Gasteiger partial charge >= 0.3 is 0 Å². The van der Waals surface area contributed by atoms with Crippen molar-refractivity contribution in [1.29, 1.82) is 0 Å². The highest BCUT2D eigenvalue weighted by molar-refractivity contribution is 5.57. The zero-order chi connectivity index (χ0) is 14.1. The third-order valence-corrected chi connectivity index (χ3v) is 3.89. The van der Waals surface area contributed by atoms with Crippen LogP contribution >= 0.6 is 0 Å². The van der Waals surface area contributed by atoms with Gasteiger partial charge in [0.15, 0.2) is 0 Å². The van der Waals surface area contributed by atoms with E-state index >= 15 is 0 Å². The van der Waals surface area contributed by atoms with Crippen LogP contribution in [0.25, 0.3) is 0 Å². The third-order valence-electron chi connectivity index (χ3n) is 3.89. The Balaban J connectivity index is 3.34. The van der Waals surface area contributed by atoms with Gasteiger partial charge in [-0.05, 0) is 51.8 Å². The summed E-state index contributed by atoms with van der Waals surface area (Å²) in [6, 6.07) is 3.26. The summed E-state index contributed by atoms with van der Waals surface area (Å²) in [5.41, 5.74) is 2.11. The molecule has 0 heterocycles. The van der Waals surface area contributed by atoms with Crippen molar-refractivity contribution in [2.75, 3.05) is 11.9 Å². The number of anilines is 1. The number of hydrogen-bond acceptors (Lipinski definition) is 2. The molecule has 1 atom stereocenters. The molecule has 0 amide bonds. The van der Waals surface area contributed by atoms with Crippen LogP contribution in [0, 0.1) is 12.7 Å². The summed E-state index contributed by atoms with van der Waals surface area (Å²) in [6.45, 7) is 9.81. The molecule has 1 N–H and O–H groups in total. The molecule has 3 heteroatoms. The predicted molar refractivity (Wildman–Crippen MR) is 74.5 cm³/mol. The molecule has 0 saturated carbocycles. The second-order valence-electron chi connectivity index (χ2n) is 5.56. The Bertz CT molecular complexity index is 427. The maximum atomic E-state index is 13.6. The monoisotopic (exact) mass is 253 g/mol. The average molecular weight is 253 g/mol. The number of aliphatic hydroxyl groups is 1. The summed E-state index contributed by atoms with van der Waals surface area (Å²) < 4.78 is 13.6. The summed E-state index contributed by atoms with van der Waals surface area (Å²) in [4.78, 5) is 2.11. The Labute approximate surface area is 109 Å². The van der Waals surface area contributed by atoms with Crippen molar-refractivity contribution in [2.45, 2.75) is 52.7 Å². The lowest BCUT2D eigenvalue weighted by atomic mass is 9.96. The fraction of sp³-hybridized carbons (Fsp3) is 0.600. The fourth-order valence-electron chi connectivity index (χ4n) is 1.87. The standard InChI is InChI=1S/C15H24FNO/c1-7-15(4,5)17(6)14-8-10(2)13(16)9-12(14)11(3)18/h8-9,11,18H,7H2,1-6H3. The van der Waals surface area contributed by atoms with Crippen LogP contribution in [0.15, 0.2) is 12.1 Å². The van der Waals surface area contributed by atoms with Gasteiger partial charge in [-0.25, -0.2) is 4.39 Å². The maximum absolute atomic E-state index is 13.6. The number of halogens is 1. The van der Waals surface area contributed by atoms with E-state index in [-0.39, 0.29) is 11.4 Å². The van der Waals surface area contributed by atoms with Gasteiger partial charge in [0.25, 0.3) is 0 Å². The van der Waals surface area contributed by atoms with Crippen molar-refractivity contribution < 1.29 is 9.50 Å². The van der Waals surface area contributed by atoms with E-state index in [9.17, 15) is 9.50 Å². The Hall–Kier alpha value is -1.09. The van der Waals surface area contributed by atoms with E-state index in [1.54, 1.807) is 13.8 Å². The molecule has 18 heavy (non-hydrogen) atoms. The van der Waals surface area contributed by atoms with Gasteiger partial charge in [-0.3, -0.25) is 0 Å². The van der Waals surface area contributed by atoms with Crippen LogP contribution < -0.4 is 4.90 Å². The molecule has 2 nitrogen and oxygen atoms in total. The summed E-state index contributed by atoms with van der Waals surface area (Å²) in [5, 5.41) is 9.81. The van der Waals surface area contributed by atoms with Gasteiger partial charge in [0.2, 0.25) is 0 Å². The van der Waals surface area contributed by atoms with Crippen molar-refractivity contribution in [3.63, 3.8) is 0 Å². The second kappa shape index (κ2) is 5.27. The smallest absolute Gasteiger partial charge is 0.126 e. The number of nitrogens with zero attached hydrogens (tertiary/aromatic N) is 1. The van der Waals surface area contributed by atoms with Crippen molar-refractivity contribution in [1.82, 2.24) is 0 Å². The molecule has 0 fully saturated rings. The highest BCUT2D eigenvalue weighted by atomic mass is 19.1. The molecule has 0 bridgehead atoms. The lowest BCUT2D eigenvalue weighted by molar-refractivity contribution is 0.199. The van der Waals surface area contributed by atoms with Crippen molar-refractivity contribution in [2.24, 2.45) is 0 Å². The molecular formula is C15H24FNO. The first-order valence-electron chi connectivity index (χ1n) is 6.42. The highest BCUT2D eigenvalue weighted by Crippen LogP contribution is 2.33. The Morgan fingerprint density at radius 3 is 2.39 bits per heavy atom. The molecule has 0 radical (unpaired) electrons. The number of aryl methyl sites for hydroxylation is 1. The van der Waals surface area contributed by atoms with Crippen LogP contribution in [0.1, 0.15) is 51.3 Å². The van der Waals surface area contributed by atoms with Crippen LogP contribution in [0.3, 0.4) is 0 Å². The first-order chi connectivity index (χ1) is 8.20. The average Bonchev–Trinajstić information content (AvgIpc) is 2.30. The maximum Gasteiger partial charge on any atom is 0.126 e. The summed E-state index contributed by atoms with van der Waals surface area (Å²) in [7, 11) is 1.99. The number of hydrogen-bond donors (Lipinski definition) is 1. The van der Waals surface area contributed by atoms with Crippen LogP contribution in [-0.2, 0) is 0 Å². The second-order valence-corrected chi connectivity index (χ2v) is 5.56. The first kappa shape index (κ1) is 15.0. The number of aliphatic hydroxyl groups excluding tert-OH is 1. The zero-order valence-electron chi connectivity index (χ0n) is 12.2. The topological polar surface area (TPSA) is 23.5 Å². The van der Waals surface area contributed by atoms with E-state index in [0.717, 1.165) is 12.1 Å². The normalized spacial score (nSPS) is 13.6. The van der Waals surface area contributed by atoms with Crippen LogP contribution in [-0.4, -0.2) is 17.7 Å². The van der Waals surface area contributed by atoms with Gasteiger partial charge in [0.1, 0.15) is 5.82 Å². The van der Waals surface area contributed by atoms with E-state index in [4.69, 9.17) is 0 Å². The molecule has 0 aliphatic heterocycles. The predicted octanol–water partition coefficient (Wildman–Crippen LogP) is 3.81. The lowest BCUT2D eigenvalue weighted by Gasteiger charge is -2.38. The van der Waals surface area contributed by atoms with E-state index in [2.05, 4.69) is 25.7 Å². The largest absolute Gasteiger partial charge is 0.389 e. The van der Waals surface area contributed by atoms with Crippen molar-refractivity contribution in [3.8, 4) is 0 Å². The van der Waals surface area contributed by atoms with Crippen LogP contribution in [0.4, 0.5) is 10.1 Å². The van der Waals surface area contributed by atoms with E-state index in [0.29, 0.717) is 11.1 Å². The van der Waals surface area contributed by atoms with E-state index in [1.165, 1.54) is 6.07 Å². The molecule has 0 aromatic heterocycles. The van der Waals surface area contributed by atoms with Gasteiger partial charge in [-0.1, -0.05) is 6.92 Å². The van der Waals surface area contributed by atoms with Crippen LogP contribution in [0.2, 0.25) is 0 Å². The van der Waals surface area contributed by atoms with Gasteiger partial charge in [0, 0.05) is 23.8 Å². The fourth-order valence-corrected chi connectivity index (χ4v) is 1.87. The summed E-state index contributed by atoms with van der Waals surface area (Å²) in [6.07, 6.45) is 0.296. The Morgan fingerprint density at radius 2 is 1.94 bits per heavy atom. The molecule has 0 aliphatic rings. The van der Waals surface area contributed by atoms with Crippen LogP contribution in [0.5, 0.6) is 0 Å². The molecule has 0 aliphatic carbocycles. The van der Waals surface area contributed by atoms with Gasteiger partial charge in [-0.15, -0.1) is 0 Å². The first-order valence-corrected chi connectivity index (χ1v) is 6.42. The number of rotatable bonds is 4.